The van der Waals surface area contributed by atoms with Crippen LogP contribution in [-0.4, -0.2) is 0 Å². The van der Waals surface area contributed by atoms with Gasteiger partial charge in [0, 0.05) is 0 Å². The Hall–Kier alpha value is -1.04. The number of allylic oxidation sites excluding steroid dienone is 6. The van der Waals surface area contributed by atoms with Crippen molar-refractivity contribution in [3.8, 4) is 0 Å². The average Bonchev–Trinajstić information content (AvgIpc) is 2.01. The monoisotopic (exact) mass is 148 g/mol. The lowest BCUT2D eigenvalue weighted by Gasteiger charge is -1.96. The molecular formula is C11H16. The molecule has 0 unspecified atom stereocenters. The largest absolute Gasteiger partial charge is 0.103 e. The minimum atomic E-state index is 1.03. The lowest BCUT2D eigenvalue weighted by atomic mass is 10.1. The molecule has 0 radical (unpaired) electrons. The van der Waals surface area contributed by atoms with Crippen LogP contribution in [0.2, 0.25) is 0 Å². The molecule has 0 bridgehead atoms. The molecule has 0 heteroatoms. The molecule has 0 aliphatic carbocycles. The molecule has 0 saturated carbocycles. The van der Waals surface area contributed by atoms with E-state index < -0.39 is 0 Å². The standard InChI is InChI=1S/C11H16/c1-4-7-10-11(8-5-2)9-6-3/h4-6,8-9H,1-2,7,10H2,3H3/b9-6-,11-8+. The second-order valence-corrected chi connectivity index (χ2v) is 2.30. The molecule has 0 aromatic carbocycles. The van der Waals surface area contributed by atoms with Crippen molar-refractivity contribution < 1.29 is 0 Å². The topological polar surface area (TPSA) is 0 Å². The van der Waals surface area contributed by atoms with Crippen LogP contribution in [0.15, 0.2) is 49.1 Å². The fraction of sp³-hybridized carbons (Fsp3) is 0.273. The molecule has 0 atom stereocenters. The maximum Gasteiger partial charge on any atom is -0.0244 e. The van der Waals surface area contributed by atoms with Crippen LogP contribution < -0.4 is 0 Å². The summed E-state index contributed by atoms with van der Waals surface area (Å²) in [6.07, 6.45) is 12.0. The maximum atomic E-state index is 3.68. The lowest BCUT2D eigenvalue weighted by molar-refractivity contribution is 1.01. The smallest absolute Gasteiger partial charge is 0.0244 e. The molecule has 0 heterocycles. The third-order valence-electron chi connectivity index (χ3n) is 1.35. The first-order valence-corrected chi connectivity index (χ1v) is 3.90. The second-order valence-electron chi connectivity index (χ2n) is 2.30. The third kappa shape index (κ3) is 5.41. The zero-order valence-electron chi connectivity index (χ0n) is 7.22. The van der Waals surface area contributed by atoms with Gasteiger partial charge in [-0.2, -0.15) is 0 Å². The highest BCUT2D eigenvalue weighted by molar-refractivity contribution is 5.22. The first kappa shape index (κ1) is 9.96. The van der Waals surface area contributed by atoms with E-state index in [-0.39, 0.29) is 0 Å². The van der Waals surface area contributed by atoms with Crippen molar-refractivity contribution in [1.82, 2.24) is 0 Å². The van der Waals surface area contributed by atoms with Gasteiger partial charge in [-0.25, -0.2) is 0 Å². The summed E-state index contributed by atoms with van der Waals surface area (Å²) in [6.45, 7) is 9.35. The van der Waals surface area contributed by atoms with Gasteiger partial charge in [0.1, 0.15) is 0 Å². The number of hydrogen-bond acceptors (Lipinski definition) is 0. The zero-order chi connectivity index (χ0) is 8.53. The predicted octanol–water partition coefficient (Wildman–Crippen LogP) is 3.64. The van der Waals surface area contributed by atoms with E-state index in [0.717, 1.165) is 12.8 Å². The van der Waals surface area contributed by atoms with Gasteiger partial charge in [-0.1, -0.05) is 37.0 Å². The second kappa shape index (κ2) is 7.07. The Kier molecular flexibility index (Phi) is 6.40. The van der Waals surface area contributed by atoms with Gasteiger partial charge in [0.2, 0.25) is 0 Å². The summed E-state index contributed by atoms with van der Waals surface area (Å²) in [5.74, 6) is 0. The summed E-state index contributed by atoms with van der Waals surface area (Å²) in [7, 11) is 0. The van der Waals surface area contributed by atoms with Crippen molar-refractivity contribution in [3.63, 3.8) is 0 Å². The third-order valence-corrected chi connectivity index (χ3v) is 1.35. The van der Waals surface area contributed by atoms with Crippen LogP contribution in [0.3, 0.4) is 0 Å². The van der Waals surface area contributed by atoms with Gasteiger partial charge in [0.05, 0.1) is 0 Å². The van der Waals surface area contributed by atoms with E-state index >= 15 is 0 Å². The van der Waals surface area contributed by atoms with E-state index in [0.29, 0.717) is 0 Å². The molecule has 0 amide bonds. The van der Waals surface area contributed by atoms with Gasteiger partial charge >= 0.3 is 0 Å². The highest BCUT2D eigenvalue weighted by Crippen LogP contribution is 2.06. The van der Waals surface area contributed by atoms with Crippen molar-refractivity contribution in [2.24, 2.45) is 0 Å². The van der Waals surface area contributed by atoms with Crippen LogP contribution in [-0.2, 0) is 0 Å². The normalized spacial score (nSPS) is 11.9. The van der Waals surface area contributed by atoms with Crippen molar-refractivity contribution >= 4 is 0 Å². The van der Waals surface area contributed by atoms with E-state index in [4.69, 9.17) is 0 Å². The molecular weight excluding hydrogens is 132 g/mol. The van der Waals surface area contributed by atoms with E-state index in [1.54, 1.807) is 0 Å². The molecule has 0 spiro atoms. The number of rotatable bonds is 5. The van der Waals surface area contributed by atoms with Crippen molar-refractivity contribution in [2.75, 3.05) is 0 Å². The van der Waals surface area contributed by atoms with Crippen LogP contribution in [0.25, 0.3) is 0 Å². The average molecular weight is 148 g/mol. The fourth-order valence-corrected chi connectivity index (χ4v) is 0.856. The zero-order valence-corrected chi connectivity index (χ0v) is 7.22. The van der Waals surface area contributed by atoms with Crippen LogP contribution in [0.1, 0.15) is 19.8 Å². The molecule has 0 rings (SSSR count). The molecule has 0 N–H and O–H groups in total. The van der Waals surface area contributed by atoms with Gasteiger partial charge in [0.25, 0.3) is 0 Å². The van der Waals surface area contributed by atoms with E-state index in [1.807, 2.05) is 31.2 Å². The first-order valence-electron chi connectivity index (χ1n) is 3.90. The quantitative estimate of drug-likeness (QED) is 0.412. The van der Waals surface area contributed by atoms with Crippen LogP contribution in [0, 0.1) is 0 Å². The van der Waals surface area contributed by atoms with Crippen LogP contribution in [0.5, 0.6) is 0 Å². The summed E-state index contributed by atoms with van der Waals surface area (Å²) in [4.78, 5) is 0. The van der Waals surface area contributed by atoms with Gasteiger partial charge in [0.15, 0.2) is 0 Å². The Balaban J connectivity index is 3.98. The molecule has 0 aliphatic rings. The van der Waals surface area contributed by atoms with Crippen molar-refractivity contribution in [1.29, 1.82) is 0 Å². The van der Waals surface area contributed by atoms with Gasteiger partial charge in [-0.3, -0.25) is 0 Å². The van der Waals surface area contributed by atoms with Gasteiger partial charge in [-0.15, -0.1) is 6.58 Å². The van der Waals surface area contributed by atoms with Crippen molar-refractivity contribution in [2.45, 2.75) is 19.8 Å². The minimum Gasteiger partial charge on any atom is -0.103 e. The summed E-state index contributed by atoms with van der Waals surface area (Å²) in [5.41, 5.74) is 1.31. The maximum absolute atomic E-state index is 3.68. The summed E-state index contributed by atoms with van der Waals surface area (Å²) < 4.78 is 0. The Bertz CT molecular complexity index is 170. The minimum absolute atomic E-state index is 1.03. The van der Waals surface area contributed by atoms with Crippen molar-refractivity contribution in [3.05, 3.63) is 49.1 Å². The van der Waals surface area contributed by atoms with E-state index in [1.165, 1.54) is 5.57 Å². The van der Waals surface area contributed by atoms with E-state index in [2.05, 4.69) is 19.2 Å². The SMILES string of the molecule is C=C/C=C(\C=C/C)CCC=C. The molecule has 0 aromatic rings. The van der Waals surface area contributed by atoms with Crippen LogP contribution >= 0.6 is 0 Å². The Morgan fingerprint density at radius 2 is 2.09 bits per heavy atom. The summed E-state index contributed by atoms with van der Waals surface area (Å²) in [5, 5.41) is 0. The summed E-state index contributed by atoms with van der Waals surface area (Å²) in [6, 6.07) is 0. The highest BCUT2D eigenvalue weighted by Gasteiger charge is 1.87. The Labute approximate surface area is 69.6 Å². The van der Waals surface area contributed by atoms with Gasteiger partial charge in [-0.05, 0) is 25.3 Å². The molecule has 0 fully saturated rings. The Morgan fingerprint density at radius 1 is 1.36 bits per heavy atom. The molecule has 60 valence electrons. The van der Waals surface area contributed by atoms with Crippen LogP contribution in [0.4, 0.5) is 0 Å². The molecule has 0 aliphatic heterocycles. The number of hydrogen-bond donors (Lipinski definition) is 0. The molecule has 0 saturated heterocycles. The molecule has 0 aromatic heterocycles. The lowest BCUT2D eigenvalue weighted by Crippen LogP contribution is -1.76. The molecule has 11 heavy (non-hydrogen) atoms. The Morgan fingerprint density at radius 3 is 2.55 bits per heavy atom. The van der Waals surface area contributed by atoms with E-state index in [9.17, 15) is 0 Å². The highest BCUT2D eigenvalue weighted by atomic mass is 13.9. The predicted molar refractivity (Wildman–Crippen MR) is 52.5 cm³/mol. The van der Waals surface area contributed by atoms with Gasteiger partial charge < -0.3 is 0 Å². The molecule has 0 nitrogen and oxygen atoms in total. The fourth-order valence-electron chi connectivity index (χ4n) is 0.856. The first-order chi connectivity index (χ1) is 5.35. The summed E-state index contributed by atoms with van der Waals surface area (Å²) >= 11 is 0.